The van der Waals surface area contributed by atoms with E-state index >= 15 is 0 Å². The molecule has 0 saturated heterocycles. The van der Waals surface area contributed by atoms with Gasteiger partial charge >= 0.3 is 127 Å². The fourth-order valence-corrected chi connectivity index (χ4v) is 0.626. The third-order valence-corrected chi connectivity index (χ3v) is 1.16. The summed E-state index contributed by atoms with van der Waals surface area (Å²) in [4.78, 5) is 10.3. The Morgan fingerprint density at radius 3 is 1.52 bits per heavy atom. The number of carboxylic acid groups (broad SMARTS) is 1. The van der Waals surface area contributed by atoms with Crippen LogP contribution >= 0.6 is 20.4 Å². The maximum absolute atomic E-state index is 10.3. The van der Waals surface area contributed by atoms with E-state index in [1.54, 1.807) is 12.1 Å². The van der Waals surface area contributed by atoms with Crippen LogP contribution in [0.3, 0.4) is 0 Å². The molecule has 0 saturated carbocycles. The minimum Gasteiger partial charge on any atom is 1.00 e. The molecule has 0 heterocycles. The molecule has 0 fully saturated rings. The summed E-state index contributed by atoms with van der Waals surface area (Å²) < 4.78 is 0. The summed E-state index contributed by atoms with van der Waals surface area (Å²) in [5.41, 5.74) is 6.17. The van der Waals surface area contributed by atoms with Gasteiger partial charge in [0.15, 0.2) is 0 Å². The number of benzene rings is 1. The molecule has 1 aromatic carbocycles. The third-order valence-electron chi connectivity index (χ3n) is 1.16. The summed E-state index contributed by atoms with van der Waals surface area (Å²) in [6.45, 7) is 0. The Balaban J connectivity index is -0.0000000449. The van der Waals surface area contributed by atoms with E-state index in [4.69, 9.17) is 46.3 Å². The number of rotatable bonds is 1. The van der Waals surface area contributed by atoms with E-state index in [1.807, 2.05) is 0 Å². The first-order valence-corrected chi connectivity index (χ1v) is 6.52. The molecule has 0 atom stereocenters. The van der Waals surface area contributed by atoms with E-state index in [2.05, 4.69) is 0 Å². The number of halogens is 4. The van der Waals surface area contributed by atoms with Gasteiger partial charge in [-0.2, -0.15) is 0 Å². The second-order valence-corrected chi connectivity index (χ2v) is 3.95. The summed E-state index contributed by atoms with van der Waals surface area (Å²) in [6.07, 6.45) is 0. The van der Waals surface area contributed by atoms with Crippen LogP contribution in [0.5, 0.6) is 0 Å². The van der Waals surface area contributed by atoms with Crippen molar-refractivity contribution in [3.63, 3.8) is 0 Å². The fraction of sp³-hybridized carbons (Fsp3) is 0. The number of carbonyl (C=O) groups is 1. The van der Waals surface area contributed by atoms with Crippen molar-refractivity contribution in [3.05, 3.63) is 29.8 Å². The van der Waals surface area contributed by atoms with Gasteiger partial charge in [-0.05, 0) is 24.3 Å². The van der Waals surface area contributed by atoms with Gasteiger partial charge in [-0.15, -0.1) is 0 Å². The van der Waals surface area contributed by atoms with Crippen LogP contribution in [0, 0.1) is 0 Å². The Labute approximate surface area is 214 Å². The Morgan fingerprint density at radius 1 is 1.10 bits per heavy atom. The van der Waals surface area contributed by atoms with Gasteiger partial charge in [0.2, 0.25) is 0 Å². The molecule has 0 aliphatic heterocycles. The van der Waals surface area contributed by atoms with Crippen LogP contribution in [-0.4, -0.2) is 33.5 Å². The van der Waals surface area contributed by atoms with Crippen LogP contribution in [0.15, 0.2) is 24.3 Å². The SMILES string of the molecule is Nc1ccc(C(=O)O)cc1.OB(O)O.[Cl-].[Cl-].[Cl][Ni][Cl].[K+].[Na+]. The quantitative estimate of drug-likeness (QED) is 0.209. The molecule has 0 radical (unpaired) electrons. The van der Waals surface area contributed by atoms with Crippen LogP contribution in [0.2, 0.25) is 0 Å². The van der Waals surface area contributed by atoms with Crippen LogP contribution in [0.25, 0.3) is 0 Å². The number of aromatic carboxylic acids is 1. The van der Waals surface area contributed by atoms with Gasteiger partial charge in [-0.25, -0.2) is 4.79 Å². The van der Waals surface area contributed by atoms with Gasteiger partial charge in [-0.3, -0.25) is 0 Å². The zero-order valence-electron chi connectivity index (χ0n) is 11.0. The number of hydrogen-bond acceptors (Lipinski definition) is 5. The van der Waals surface area contributed by atoms with Crippen molar-refractivity contribution >= 4 is 39.4 Å². The average molecular weight is 462 g/mol. The zero-order valence-corrected chi connectivity index (χ0v) is 20.1. The van der Waals surface area contributed by atoms with Gasteiger partial charge < -0.3 is 50.7 Å². The van der Waals surface area contributed by atoms with E-state index in [0.717, 1.165) is 0 Å². The van der Waals surface area contributed by atoms with E-state index in [1.165, 1.54) is 12.1 Å². The first kappa shape index (κ1) is 39.0. The van der Waals surface area contributed by atoms with Crippen LogP contribution in [-0.2, 0) is 12.7 Å². The summed E-state index contributed by atoms with van der Waals surface area (Å²) in [5.74, 6) is -0.931. The number of anilines is 1. The minimum atomic E-state index is -2.17. The Morgan fingerprint density at radius 2 is 1.33 bits per heavy atom. The van der Waals surface area contributed by atoms with E-state index in [9.17, 15) is 4.79 Å². The first-order chi connectivity index (χ1) is 7.84. The predicted molar refractivity (Wildman–Crippen MR) is 61.9 cm³/mol. The van der Waals surface area contributed by atoms with Gasteiger partial charge in [-0.1, -0.05) is 0 Å². The van der Waals surface area contributed by atoms with Crippen LogP contribution in [0.1, 0.15) is 10.4 Å². The molecule has 6 N–H and O–H groups in total. The molecule has 116 valence electrons. The molecular formula is C7H10BCl4KNNaNiO5. The summed E-state index contributed by atoms with van der Waals surface area (Å²) in [6, 6.07) is 6.06. The van der Waals surface area contributed by atoms with Crippen molar-refractivity contribution in [1.82, 2.24) is 0 Å². The fourth-order valence-electron chi connectivity index (χ4n) is 0.626. The maximum atomic E-state index is 10.3. The largest absolute Gasteiger partial charge is 1.00 e. The van der Waals surface area contributed by atoms with Crippen LogP contribution in [0.4, 0.5) is 5.69 Å². The Bertz CT molecular complexity index is 328. The second kappa shape index (κ2) is 27.6. The van der Waals surface area contributed by atoms with Crippen molar-refractivity contribution in [1.29, 1.82) is 0 Å². The number of carboxylic acids is 1. The van der Waals surface area contributed by atoms with E-state index in [-0.39, 0.29) is 111 Å². The van der Waals surface area contributed by atoms with Gasteiger partial charge in [0.1, 0.15) is 0 Å². The molecule has 1 aromatic rings. The van der Waals surface area contributed by atoms with Crippen LogP contribution < -0.4 is 111 Å². The molecule has 0 aliphatic rings. The van der Waals surface area contributed by atoms with Crippen molar-refractivity contribution in [3.8, 4) is 0 Å². The monoisotopic (exact) mass is 459 g/mol. The molecular weight excluding hydrogens is 451 g/mol. The maximum Gasteiger partial charge on any atom is 1.00 e. The molecule has 0 amide bonds. The minimum absolute atomic E-state index is 0. The molecule has 21 heavy (non-hydrogen) atoms. The number of hydrogen-bond donors (Lipinski definition) is 5. The van der Waals surface area contributed by atoms with Crippen molar-refractivity contribution in [2.75, 3.05) is 5.73 Å². The van der Waals surface area contributed by atoms with Crippen molar-refractivity contribution in [2.45, 2.75) is 0 Å². The molecule has 0 aliphatic carbocycles. The summed E-state index contributed by atoms with van der Waals surface area (Å²) in [5, 5.41) is 29.9. The van der Waals surface area contributed by atoms with E-state index < -0.39 is 13.3 Å². The topological polar surface area (TPSA) is 124 Å². The summed E-state index contributed by atoms with van der Waals surface area (Å²) in [7, 11) is 7.24. The molecule has 14 heteroatoms. The molecule has 0 spiro atoms. The zero-order chi connectivity index (χ0) is 13.8. The first-order valence-electron chi connectivity index (χ1n) is 3.80. The number of nitrogens with two attached hydrogens (primary N) is 1. The van der Waals surface area contributed by atoms with Gasteiger partial charge in [0.25, 0.3) is 0 Å². The average Bonchev–Trinajstić information content (AvgIpc) is 2.18. The van der Waals surface area contributed by atoms with Gasteiger partial charge in [0, 0.05) is 5.69 Å². The van der Waals surface area contributed by atoms with E-state index in [0.29, 0.717) is 18.3 Å². The number of nitrogen functional groups attached to an aromatic ring is 1. The molecule has 0 aromatic heterocycles. The molecule has 0 bridgehead atoms. The standard InChI is InChI=1S/C7H7NO2.BH3O3.4ClH.K.Na.Ni/c8-6-3-1-5(2-4-6)7(9)10;2-1(3)4;;;;;;;/h1-4H,8H2,(H,9,10);2-4H;4*1H;;;/q;;;;;;2*+1;+2/p-4. The Kier molecular flexibility index (Phi) is 51.2. The smallest absolute Gasteiger partial charge is 1.00 e. The molecule has 0 unspecified atom stereocenters. The van der Waals surface area contributed by atoms with Crippen molar-refractivity contribution < 1.29 is 143 Å². The van der Waals surface area contributed by atoms with Crippen molar-refractivity contribution in [2.24, 2.45) is 0 Å². The molecule has 1 rings (SSSR count). The Hall–Kier alpha value is 2.72. The second-order valence-electron chi connectivity index (χ2n) is 2.32. The molecule has 6 nitrogen and oxygen atoms in total. The predicted octanol–water partition coefficient (Wildman–Crippen LogP) is -11.7. The normalized spacial score (nSPS) is 6.71. The third kappa shape index (κ3) is 34.9. The summed E-state index contributed by atoms with van der Waals surface area (Å²) >= 11 is 0.569. The van der Waals surface area contributed by atoms with Gasteiger partial charge in [0.05, 0.1) is 5.56 Å².